The highest BCUT2D eigenvalue weighted by atomic mass is 35.5. The Bertz CT molecular complexity index is 1340. The molecule has 2 aliphatic heterocycles. The first kappa shape index (κ1) is 22.4. The van der Waals surface area contributed by atoms with E-state index in [1.807, 2.05) is 13.0 Å². The van der Waals surface area contributed by atoms with Gasteiger partial charge in [0.2, 0.25) is 0 Å². The number of carbonyl (C=O) groups is 2. The van der Waals surface area contributed by atoms with E-state index in [0.29, 0.717) is 65.2 Å². The second-order valence-electron chi connectivity index (χ2n) is 8.49. The monoisotopic (exact) mass is 494 g/mol. The summed E-state index contributed by atoms with van der Waals surface area (Å²) >= 11 is 12.1. The van der Waals surface area contributed by atoms with Gasteiger partial charge in [-0.3, -0.25) is 19.3 Å². The number of nitrogens with zero attached hydrogens (tertiary/aromatic N) is 6. The zero-order valence-electron chi connectivity index (χ0n) is 18.3. The smallest absolute Gasteiger partial charge is 0.272 e. The van der Waals surface area contributed by atoms with Crippen molar-refractivity contribution in [3.05, 3.63) is 80.3 Å². The van der Waals surface area contributed by atoms with E-state index in [1.165, 1.54) is 6.20 Å². The molecule has 2 aliphatic rings. The first-order chi connectivity index (χ1) is 16.4. The van der Waals surface area contributed by atoms with Gasteiger partial charge in [-0.1, -0.05) is 23.2 Å². The highest BCUT2D eigenvalue weighted by molar-refractivity contribution is 6.42. The van der Waals surface area contributed by atoms with Crippen LogP contribution in [0.4, 0.5) is 0 Å². The van der Waals surface area contributed by atoms with E-state index in [-0.39, 0.29) is 17.9 Å². The molecule has 4 heterocycles. The molecule has 1 atom stereocenters. The number of hydrogen-bond donors (Lipinski definition) is 0. The van der Waals surface area contributed by atoms with Gasteiger partial charge in [0.25, 0.3) is 11.8 Å². The third-order valence-electron chi connectivity index (χ3n) is 6.29. The van der Waals surface area contributed by atoms with Gasteiger partial charge in [-0.15, -0.1) is 0 Å². The molecular formula is C24H20Cl2N6O2. The Labute approximate surface area is 206 Å². The SMILES string of the molecule is C[C@@H]1Cc2nn3c(c2CN1C(=O)c1ccc(Cl)c(Cl)c1)C(=O)N(Cc1ccc(C#N)cn1)CC3. The van der Waals surface area contributed by atoms with Crippen LogP contribution in [-0.2, 0) is 26.1 Å². The van der Waals surface area contributed by atoms with Crippen molar-refractivity contribution in [3.8, 4) is 6.07 Å². The van der Waals surface area contributed by atoms with E-state index in [4.69, 9.17) is 28.5 Å². The highest BCUT2D eigenvalue weighted by Crippen LogP contribution is 2.31. The zero-order chi connectivity index (χ0) is 24.0. The van der Waals surface area contributed by atoms with Crippen molar-refractivity contribution < 1.29 is 9.59 Å². The fourth-order valence-corrected chi connectivity index (χ4v) is 4.76. The Balaban J connectivity index is 1.41. The molecule has 0 spiro atoms. The maximum absolute atomic E-state index is 13.4. The number of benzene rings is 1. The molecule has 0 fully saturated rings. The van der Waals surface area contributed by atoms with Crippen LogP contribution in [0, 0.1) is 11.3 Å². The molecular weight excluding hydrogens is 475 g/mol. The van der Waals surface area contributed by atoms with Gasteiger partial charge in [-0.05, 0) is 37.3 Å². The van der Waals surface area contributed by atoms with Crippen molar-refractivity contribution in [1.29, 1.82) is 5.26 Å². The number of aromatic nitrogens is 3. The predicted molar refractivity (Wildman–Crippen MR) is 125 cm³/mol. The molecule has 0 unspecified atom stereocenters. The molecule has 34 heavy (non-hydrogen) atoms. The number of carbonyl (C=O) groups excluding carboxylic acids is 2. The molecule has 0 saturated heterocycles. The molecule has 0 bridgehead atoms. The van der Waals surface area contributed by atoms with E-state index in [9.17, 15) is 9.59 Å². The van der Waals surface area contributed by atoms with Gasteiger partial charge in [0.15, 0.2) is 0 Å². The zero-order valence-corrected chi connectivity index (χ0v) is 19.8. The van der Waals surface area contributed by atoms with Crippen LogP contribution < -0.4 is 0 Å². The third kappa shape index (κ3) is 3.91. The summed E-state index contributed by atoms with van der Waals surface area (Å²) in [7, 11) is 0. The number of amides is 2. The molecule has 0 radical (unpaired) electrons. The maximum Gasteiger partial charge on any atom is 0.272 e. The Hall–Kier alpha value is -3.41. The predicted octanol–water partition coefficient (Wildman–Crippen LogP) is 3.70. The van der Waals surface area contributed by atoms with E-state index in [0.717, 1.165) is 11.3 Å². The summed E-state index contributed by atoms with van der Waals surface area (Å²) in [6.07, 6.45) is 2.07. The molecule has 5 rings (SSSR count). The van der Waals surface area contributed by atoms with Crippen LogP contribution in [0.2, 0.25) is 10.0 Å². The lowest BCUT2D eigenvalue weighted by atomic mass is 9.97. The van der Waals surface area contributed by atoms with Crippen LogP contribution in [0.25, 0.3) is 0 Å². The summed E-state index contributed by atoms with van der Waals surface area (Å²) in [5.74, 6) is -0.304. The van der Waals surface area contributed by atoms with Crippen molar-refractivity contribution in [2.45, 2.75) is 39.0 Å². The third-order valence-corrected chi connectivity index (χ3v) is 7.03. The van der Waals surface area contributed by atoms with Crippen LogP contribution in [0.5, 0.6) is 0 Å². The van der Waals surface area contributed by atoms with Gasteiger partial charge in [-0.2, -0.15) is 10.4 Å². The molecule has 172 valence electrons. The molecule has 2 amide bonds. The minimum absolute atomic E-state index is 0.0829. The van der Waals surface area contributed by atoms with E-state index >= 15 is 0 Å². The standard InChI is InChI=1S/C24H20Cl2N6O2/c1-14-8-21-18(13-31(14)23(33)16-3-5-19(25)20(26)9-16)22-24(34)30(6-7-32(22)29-21)12-17-4-2-15(10-27)11-28-17/h2-5,9,11,14H,6-8,12-13H2,1H3/t14-/m1/s1. The molecule has 8 nitrogen and oxygen atoms in total. The quantitative estimate of drug-likeness (QED) is 0.552. The molecule has 0 saturated carbocycles. The molecule has 0 aliphatic carbocycles. The summed E-state index contributed by atoms with van der Waals surface area (Å²) in [5.41, 5.74) is 3.79. The van der Waals surface area contributed by atoms with Gasteiger partial charge in [0.05, 0.1) is 46.6 Å². The molecule has 0 N–H and O–H groups in total. The second kappa shape index (κ2) is 8.75. The molecule has 10 heteroatoms. The van der Waals surface area contributed by atoms with Crippen LogP contribution in [0.3, 0.4) is 0 Å². The summed E-state index contributed by atoms with van der Waals surface area (Å²) < 4.78 is 1.76. The lowest BCUT2D eigenvalue weighted by molar-refractivity contribution is 0.0636. The maximum atomic E-state index is 13.4. The number of rotatable bonds is 3. The Morgan fingerprint density at radius 1 is 1.21 bits per heavy atom. The largest absolute Gasteiger partial charge is 0.331 e. The topological polar surface area (TPSA) is 95.1 Å². The minimum Gasteiger partial charge on any atom is -0.331 e. The van der Waals surface area contributed by atoms with Crippen LogP contribution in [0.15, 0.2) is 36.5 Å². The van der Waals surface area contributed by atoms with Gasteiger partial charge < -0.3 is 9.80 Å². The molecule has 1 aromatic carbocycles. The first-order valence-electron chi connectivity index (χ1n) is 10.8. The first-order valence-corrected chi connectivity index (χ1v) is 11.6. The summed E-state index contributed by atoms with van der Waals surface area (Å²) in [6, 6.07) is 10.2. The van der Waals surface area contributed by atoms with Crippen molar-refractivity contribution in [2.75, 3.05) is 6.54 Å². The minimum atomic E-state index is -0.168. The van der Waals surface area contributed by atoms with Crippen LogP contribution >= 0.6 is 23.2 Å². The summed E-state index contributed by atoms with van der Waals surface area (Å²) in [6.45, 7) is 3.68. The van der Waals surface area contributed by atoms with Crippen LogP contribution in [-0.4, -0.2) is 49.0 Å². The van der Waals surface area contributed by atoms with Crippen molar-refractivity contribution in [3.63, 3.8) is 0 Å². The summed E-state index contributed by atoms with van der Waals surface area (Å²) in [4.78, 5) is 34.5. The van der Waals surface area contributed by atoms with Gasteiger partial charge >= 0.3 is 0 Å². The summed E-state index contributed by atoms with van der Waals surface area (Å²) in [5, 5.41) is 14.4. The Morgan fingerprint density at radius 3 is 2.74 bits per heavy atom. The molecule has 2 aromatic heterocycles. The number of nitriles is 1. The Morgan fingerprint density at radius 2 is 2.03 bits per heavy atom. The van der Waals surface area contributed by atoms with E-state index < -0.39 is 0 Å². The van der Waals surface area contributed by atoms with Crippen molar-refractivity contribution in [2.24, 2.45) is 0 Å². The van der Waals surface area contributed by atoms with Crippen molar-refractivity contribution in [1.82, 2.24) is 24.6 Å². The van der Waals surface area contributed by atoms with Gasteiger partial charge in [0.1, 0.15) is 11.8 Å². The van der Waals surface area contributed by atoms with Gasteiger partial charge in [0, 0.05) is 36.3 Å². The number of pyridine rings is 1. The average Bonchev–Trinajstić information content (AvgIpc) is 3.20. The number of hydrogen-bond acceptors (Lipinski definition) is 5. The highest BCUT2D eigenvalue weighted by Gasteiger charge is 2.37. The normalized spacial score (nSPS) is 17.2. The lowest BCUT2D eigenvalue weighted by Crippen LogP contribution is -2.44. The molecule has 3 aromatic rings. The van der Waals surface area contributed by atoms with Crippen LogP contribution in [0.1, 0.15) is 50.3 Å². The fourth-order valence-electron chi connectivity index (χ4n) is 4.46. The number of halogens is 2. The number of fused-ring (bicyclic) bond motifs is 3. The van der Waals surface area contributed by atoms with Crippen molar-refractivity contribution >= 4 is 35.0 Å². The van der Waals surface area contributed by atoms with Gasteiger partial charge in [-0.25, -0.2) is 0 Å². The fraction of sp³-hybridized carbons (Fsp3) is 0.292. The lowest BCUT2D eigenvalue weighted by Gasteiger charge is -2.34. The second-order valence-corrected chi connectivity index (χ2v) is 9.30. The Kier molecular flexibility index (Phi) is 5.76. The average molecular weight is 495 g/mol. The van der Waals surface area contributed by atoms with E-state index in [2.05, 4.69) is 10.1 Å². The van der Waals surface area contributed by atoms with E-state index in [1.54, 1.807) is 44.8 Å².